The largest absolute Gasteiger partial charge is 0.378 e. The van der Waals surface area contributed by atoms with Crippen LogP contribution in [0.15, 0.2) is 12.4 Å². The molecular formula is C16H24N4O5S. The lowest BCUT2D eigenvalue weighted by Crippen LogP contribution is -2.56. The molecule has 1 unspecified atom stereocenters. The highest BCUT2D eigenvalue weighted by molar-refractivity contribution is 7.88. The molecule has 0 aliphatic carbocycles. The molecule has 3 aliphatic rings. The third-order valence-corrected chi connectivity index (χ3v) is 6.75. The van der Waals surface area contributed by atoms with Crippen molar-refractivity contribution in [1.29, 1.82) is 0 Å². The zero-order chi connectivity index (χ0) is 18.4. The van der Waals surface area contributed by atoms with Gasteiger partial charge in [-0.1, -0.05) is 0 Å². The number of fused-ring (bicyclic) bond motifs is 2. The summed E-state index contributed by atoms with van der Waals surface area (Å²) >= 11 is 0. The Kier molecular flexibility index (Phi) is 4.54. The van der Waals surface area contributed by atoms with Gasteiger partial charge in [0.2, 0.25) is 10.0 Å². The van der Waals surface area contributed by atoms with E-state index in [4.69, 9.17) is 9.47 Å². The van der Waals surface area contributed by atoms with Crippen LogP contribution in [0.25, 0.3) is 0 Å². The third kappa shape index (κ3) is 3.15. The van der Waals surface area contributed by atoms with Gasteiger partial charge in [0, 0.05) is 38.6 Å². The zero-order valence-electron chi connectivity index (χ0n) is 14.8. The molecule has 1 aromatic heterocycles. The summed E-state index contributed by atoms with van der Waals surface area (Å²) < 4.78 is 38.7. The van der Waals surface area contributed by atoms with Crippen molar-refractivity contribution < 1.29 is 22.7 Å². The van der Waals surface area contributed by atoms with Crippen molar-refractivity contribution in [2.45, 2.75) is 31.1 Å². The molecule has 4 heterocycles. The fourth-order valence-electron chi connectivity index (χ4n) is 4.03. The second-order valence-corrected chi connectivity index (χ2v) is 9.09. The predicted molar refractivity (Wildman–Crippen MR) is 91.8 cm³/mol. The van der Waals surface area contributed by atoms with Gasteiger partial charge in [0.25, 0.3) is 5.91 Å². The number of rotatable bonds is 2. The zero-order valence-corrected chi connectivity index (χ0v) is 15.7. The fourth-order valence-corrected chi connectivity index (χ4v) is 4.88. The van der Waals surface area contributed by atoms with Crippen LogP contribution >= 0.6 is 0 Å². The summed E-state index contributed by atoms with van der Waals surface area (Å²) in [5, 5.41) is 0. The monoisotopic (exact) mass is 384 g/mol. The van der Waals surface area contributed by atoms with Crippen LogP contribution in [0, 0.1) is 0 Å². The second kappa shape index (κ2) is 6.59. The molecule has 1 amide bonds. The average molecular weight is 384 g/mol. The molecule has 0 bridgehead atoms. The first-order valence-corrected chi connectivity index (χ1v) is 10.7. The predicted octanol–water partition coefficient (Wildman–Crippen LogP) is -0.609. The molecular weight excluding hydrogens is 360 g/mol. The SMILES string of the molecule is CS(=O)(=O)N1CCC2(CC1)OC(C(=O)N1CCOCC1)Cn1ccnc12. The highest BCUT2D eigenvalue weighted by Crippen LogP contribution is 2.40. The number of carbonyl (C=O) groups is 1. The van der Waals surface area contributed by atoms with Gasteiger partial charge in [-0.15, -0.1) is 0 Å². The van der Waals surface area contributed by atoms with Gasteiger partial charge in [-0.05, 0) is 12.8 Å². The number of sulfonamides is 1. The average Bonchev–Trinajstić information content (AvgIpc) is 3.11. The maximum Gasteiger partial charge on any atom is 0.253 e. The lowest BCUT2D eigenvalue weighted by Gasteiger charge is -2.45. The summed E-state index contributed by atoms with van der Waals surface area (Å²) in [5.41, 5.74) is -0.713. The van der Waals surface area contributed by atoms with Gasteiger partial charge in [-0.25, -0.2) is 17.7 Å². The van der Waals surface area contributed by atoms with E-state index in [1.807, 2.05) is 10.8 Å². The molecule has 26 heavy (non-hydrogen) atoms. The molecule has 1 atom stereocenters. The summed E-state index contributed by atoms with van der Waals surface area (Å²) in [6.07, 6.45) is 5.19. The number of nitrogens with zero attached hydrogens (tertiary/aromatic N) is 4. The number of morpholine rings is 1. The van der Waals surface area contributed by atoms with Crippen LogP contribution < -0.4 is 0 Å². The number of imidazole rings is 1. The Balaban J connectivity index is 1.56. The number of hydrogen-bond acceptors (Lipinski definition) is 6. The summed E-state index contributed by atoms with van der Waals surface area (Å²) in [6.45, 7) is 3.40. The first-order chi connectivity index (χ1) is 12.4. The number of carbonyl (C=O) groups excluding carboxylic acids is 1. The van der Waals surface area contributed by atoms with Crippen molar-refractivity contribution in [1.82, 2.24) is 18.8 Å². The van der Waals surface area contributed by atoms with Crippen molar-refractivity contribution >= 4 is 15.9 Å². The maximum absolute atomic E-state index is 12.9. The second-order valence-electron chi connectivity index (χ2n) is 7.10. The van der Waals surface area contributed by atoms with E-state index < -0.39 is 21.7 Å². The van der Waals surface area contributed by atoms with Gasteiger partial charge in [-0.3, -0.25) is 4.79 Å². The number of aromatic nitrogens is 2. The molecule has 4 rings (SSSR count). The van der Waals surface area contributed by atoms with Crippen LogP contribution in [0.4, 0.5) is 0 Å². The number of hydrogen-bond donors (Lipinski definition) is 0. The Morgan fingerprint density at radius 3 is 2.58 bits per heavy atom. The standard InChI is InChI=1S/C16H24N4O5S/c1-26(22,23)20-5-2-16(3-6-20)15-17-4-7-19(15)12-13(25-16)14(21)18-8-10-24-11-9-18/h4,7,13H,2-3,5-6,8-12H2,1H3. The minimum Gasteiger partial charge on any atom is -0.378 e. The van der Waals surface area contributed by atoms with Crippen molar-refractivity contribution in [3.05, 3.63) is 18.2 Å². The first-order valence-electron chi connectivity index (χ1n) is 8.90. The normalized spacial score (nSPS) is 26.7. The van der Waals surface area contributed by atoms with E-state index in [2.05, 4.69) is 4.98 Å². The smallest absolute Gasteiger partial charge is 0.253 e. The molecule has 0 radical (unpaired) electrons. The van der Waals surface area contributed by atoms with E-state index in [-0.39, 0.29) is 5.91 Å². The maximum atomic E-state index is 12.9. The van der Waals surface area contributed by atoms with Gasteiger partial charge in [0.1, 0.15) is 11.4 Å². The molecule has 1 spiro atoms. The Morgan fingerprint density at radius 1 is 1.23 bits per heavy atom. The molecule has 10 heteroatoms. The van der Waals surface area contributed by atoms with Gasteiger partial charge in [-0.2, -0.15) is 0 Å². The Labute approximate surface area is 152 Å². The highest BCUT2D eigenvalue weighted by atomic mass is 32.2. The van der Waals surface area contributed by atoms with Crippen molar-refractivity contribution in [3.63, 3.8) is 0 Å². The summed E-state index contributed by atoms with van der Waals surface area (Å²) in [5.74, 6) is 0.759. The van der Waals surface area contributed by atoms with Gasteiger partial charge < -0.3 is 18.9 Å². The minimum absolute atomic E-state index is 0.0300. The third-order valence-electron chi connectivity index (χ3n) is 5.45. The van der Waals surface area contributed by atoms with E-state index in [9.17, 15) is 13.2 Å². The van der Waals surface area contributed by atoms with Crippen LogP contribution in [-0.2, 0) is 36.4 Å². The van der Waals surface area contributed by atoms with Gasteiger partial charge in [0.05, 0.1) is 26.0 Å². The highest BCUT2D eigenvalue weighted by Gasteiger charge is 2.48. The van der Waals surface area contributed by atoms with Gasteiger partial charge in [0.15, 0.2) is 6.10 Å². The molecule has 3 aliphatic heterocycles. The van der Waals surface area contributed by atoms with Crippen LogP contribution in [-0.4, -0.2) is 84.8 Å². The summed E-state index contributed by atoms with van der Waals surface area (Å²) in [6, 6.07) is 0. The van der Waals surface area contributed by atoms with Gasteiger partial charge >= 0.3 is 0 Å². The quantitative estimate of drug-likeness (QED) is 0.675. The van der Waals surface area contributed by atoms with Crippen LogP contribution in [0.1, 0.15) is 18.7 Å². The van der Waals surface area contributed by atoms with Crippen LogP contribution in [0.5, 0.6) is 0 Å². The van der Waals surface area contributed by atoms with Crippen molar-refractivity contribution in [3.8, 4) is 0 Å². The van der Waals surface area contributed by atoms with E-state index in [0.29, 0.717) is 58.8 Å². The summed E-state index contributed by atoms with van der Waals surface area (Å²) in [7, 11) is -3.23. The number of piperidine rings is 1. The fraction of sp³-hybridized carbons (Fsp3) is 0.750. The molecule has 0 aromatic carbocycles. The van der Waals surface area contributed by atoms with E-state index in [1.165, 1.54) is 10.6 Å². The first kappa shape index (κ1) is 17.9. The lowest BCUT2D eigenvalue weighted by atomic mass is 9.89. The van der Waals surface area contributed by atoms with E-state index >= 15 is 0 Å². The Hall–Kier alpha value is -1.49. The lowest BCUT2D eigenvalue weighted by molar-refractivity contribution is -0.181. The molecule has 2 fully saturated rings. The number of ether oxygens (including phenoxy) is 2. The van der Waals surface area contributed by atoms with Crippen LogP contribution in [0.2, 0.25) is 0 Å². The van der Waals surface area contributed by atoms with E-state index in [1.54, 1.807) is 11.1 Å². The Morgan fingerprint density at radius 2 is 1.92 bits per heavy atom. The van der Waals surface area contributed by atoms with E-state index in [0.717, 1.165) is 5.82 Å². The topological polar surface area (TPSA) is 94.0 Å². The summed E-state index contributed by atoms with van der Waals surface area (Å²) in [4.78, 5) is 19.2. The van der Waals surface area contributed by atoms with Crippen LogP contribution in [0.3, 0.4) is 0 Å². The molecule has 1 aromatic rings. The molecule has 0 N–H and O–H groups in total. The molecule has 0 saturated carbocycles. The van der Waals surface area contributed by atoms with Crippen molar-refractivity contribution in [2.75, 3.05) is 45.6 Å². The minimum atomic E-state index is -3.23. The Bertz CT molecular complexity index is 778. The molecule has 9 nitrogen and oxygen atoms in total. The molecule has 144 valence electrons. The van der Waals surface area contributed by atoms with Crippen molar-refractivity contribution in [2.24, 2.45) is 0 Å². The number of amides is 1. The molecule has 2 saturated heterocycles.